The highest BCUT2D eigenvalue weighted by Crippen LogP contribution is 2.15. The van der Waals surface area contributed by atoms with Gasteiger partial charge in [-0.1, -0.05) is 6.92 Å². The molecule has 1 atom stereocenters. The Labute approximate surface area is 106 Å². The molecule has 0 radical (unpaired) electrons. The normalized spacial score (nSPS) is 28.4. The van der Waals surface area contributed by atoms with E-state index in [1.165, 1.54) is 51.7 Å². The smallest absolute Gasteiger partial charge is 0.0599 e. The largest absolute Gasteiger partial charge is 0.378 e. The lowest BCUT2D eigenvalue weighted by atomic mass is 10.0. The van der Waals surface area contributed by atoms with Crippen LogP contribution in [0.5, 0.6) is 0 Å². The van der Waals surface area contributed by atoms with Gasteiger partial charge in [0, 0.05) is 19.7 Å². The predicted octanol–water partition coefficient (Wildman–Crippen LogP) is 1.88. The second-order valence-corrected chi connectivity index (χ2v) is 5.72. The third-order valence-electron chi connectivity index (χ3n) is 4.00. The van der Waals surface area contributed by atoms with Gasteiger partial charge in [0.15, 0.2) is 0 Å². The molecule has 0 bridgehead atoms. The molecule has 17 heavy (non-hydrogen) atoms. The zero-order valence-corrected chi connectivity index (χ0v) is 11.3. The maximum atomic E-state index is 5.93. The Balaban J connectivity index is 1.50. The van der Waals surface area contributed by atoms with Gasteiger partial charge in [0.2, 0.25) is 0 Å². The summed E-state index contributed by atoms with van der Waals surface area (Å²) in [6.45, 7) is 9.43. The van der Waals surface area contributed by atoms with Gasteiger partial charge < -0.3 is 15.0 Å². The topological polar surface area (TPSA) is 24.5 Å². The van der Waals surface area contributed by atoms with Crippen LogP contribution >= 0.6 is 0 Å². The summed E-state index contributed by atoms with van der Waals surface area (Å²) in [6.07, 6.45) is 6.92. The van der Waals surface area contributed by atoms with Crippen LogP contribution in [0.4, 0.5) is 0 Å². The summed E-state index contributed by atoms with van der Waals surface area (Å²) in [5, 5.41) is 3.37. The van der Waals surface area contributed by atoms with Crippen molar-refractivity contribution in [2.75, 3.05) is 39.3 Å². The van der Waals surface area contributed by atoms with Gasteiger partial charge in [0.05, 0.1) is 6.10 Å². The minimum Gasteiger partial charge on any atom is -0.378 e. The lowest BCUT2D eigenvalue weighted by molar-refractivity contribution is 0.0261. The van der Waals surface area contributed by atoms with Crippen molar-refractivity contribution in [1.82, 2.24) is 10.2 Å². The van der Waals surface area contributed by atoms with Crippen molar-refractivity contribution < 1.29 is 4.74 Å². The Morgan fingerprint density at radius 3 is 2.82 bits per heavy atom. The molecule has 0 aromatic rings. The summed E-state index contributed by atoms with van der Waals surface area (Å²) in [5.74, 6) is 0.897. The Morgan fingerprint density at radius 1 is 1.24 bits per heavy atom. The molecule has 0 aromatic heterocycles. The van der Waals surface area contributed by atoms with E-state index in [-0.39, 0.29) is 0 Å². The van der Waals surface area contributed by atoms with Crippen molar-refractivity contribution in [2.45, 2.75) is 45.1 Å². The van der Waals surface area contributed by atoms with Gasteiger partial charge in [0.1, 0.15) is 0 Å². The van der Waals surface area contributed by atoms with Crippen molar-refractivity contribution >= 4 is 0 Å². The van der Waals surface area contributed by atoms with Crippen molar-refractivity contribution in [2.24, 2.45) is 5.92 Å². The van der Waals surface area contributed by atoms with E-state index < -0.39 is 0 Å². The van der Waals surface area contributed by atoms with E-state index in [1.54, 1.807) is 0 Å². The van der Waals surface area contributed by atoms with Crippen LogP contribution in [-0.2, 0) is 4.74 Å². The molecule has 100 valence electrons. The zero-order chi connectivity index (χ0) is 11.9. The minimum atomic E-state index is 0.525. The van der Waals surface area contributed by atoms with Gasteiger partial charge in [-0.3, -0.25) is 0 Å². The number of ether oxygens (including phenoxy) is 1. The zero-order valence-electron chi connectivity index (χ0n) is 11.3. The molecule has 1 unspecified atom stereocenters. The highest BCUT2D eigenvalue weighted by molar-refractivity contribution is 4.70. The Morgan fingerprint density at radius 2 is 2.06 bits per heavy atom. The summed E-state index contributed by atoms with van der Waals surface area (Å²) in [5.41, 5.74) is 0. The molecule has 3 nitrogen and oxygen atoms in total. The van der Waals surface area contributed by atoms with Crippen LogP contribution in [0.3, 0.4) is 0 Å². The van der Waals surface area contributed by atoms with E-state index in [2.05, 4.69) is 17.1 Å². The summed E-state index contributed by atoms with van der Waals surface area (Å²) >= 11 is 0. The molecule has 3 heteroatoms. The van der Waals surface area contributed by atoms with Gasteiger partial charge >= 0.3 is 0 Å². The standard InChI is InChI=1S/C14H28N2O/c1-13-4-2-9-16(12-13)10-3-11-17-14-5-7-15-8-6-14/h13-15H,2-12H2,1H3. The van der Waals surface area contributed by atoms with Crippen molar-refractivity contribution in [3.63, 3.8) is 0 Å². The molecule has 2 aliphatic rings. The first-order valence-corrected chi connectivity index (χ1v) is 7.39. The van der Waals surface area contributed by atoms with Crippen LogP contribution in [0.1, 0.15) is 39.0 Å². The molecule has 0 aliphatic carbocycles. The first-order chi connectivity index (χ1) is 8.34. The third kappa shape index (κ3) is 4.94. The second-order valence-electron chi connectivity index (χ2n) is 5.72. The van der Waals surface area contributed by atoms with E-state index in [0.29, 0.717) is 6.10 Å². The average Bonchev–Trinajstić information content (AvgIpc) is 2.36. The van der Waals surface area contributed by atoms with Gasteiger partial charge in [-0.15, -0.1) is 0 Å². The number of nitrogens with zero attached hydrogens (tertiary/aromatic N) is 1. The van der Waals surface area contributed by atoms with Crippen LogP contribution in [0.2, 0.25) is 0 Å². The molecular weight excluding hydrogens is 212 g/mol. The molecule has 2 rings (SSSR count). The number of nitrogens with one attached hydrogen (secondary N) is 1. The monoisotopic (exact) mass is 240 g/mol. The molecule has 2 heterocycles. The molecule has 2 saturated heterocycles. The van der Waals surface area contributed by atoms with E-state index in [0.717, 1.165) is 25.6 Å². The van der Waals surface area contributed by atoms with E-state index >= 15 is 0 Å². The minimum absolute atomic E-state index is 0.525. The SMILES string of the molecule is CC1CCCN(CCCOC2CCNCC2)C1. The fourth-order valence-electron chi connectivity index (χ4n) is 2.99. The molecule has 1 N–H and O–H groups in total. The predicted molar refractivity (Wildman–Crippen MR) is 71.3 cm³/mol. The lowest BCUT2D eigenvalue weighted by Crippen LogP contribution is -2.36. The molecule has 0 spiro atoms. The van der Waals surface area contributed by atoms with Crippen molar-refractivity contribution in [3.05, 3.63) is 0 Å². The molecular formula is C14H28N2O. The van der Waals surface area contributed by atoms with Gasteiger partial charge in [-0.05, 0) is 57.7 Å². The highest BCUT2D eigenvalue weighted by atomic mass is 16.5. The first-order valence-electron chi connectivity index (χ1n) is 7.39. The van der Waals surface area contributed by atoms with Gasteiger partial charge in [-0.25, -0.2) is 0 Å². The maximum absolute atomic E-state index is 5.93. The summed E-state index contributed by atoms with van der Waals surface area (Å²) in [7, 11) is 0. The van der Waals surface area contributed by atoms with Gasteiger partial charge in [0.25, 0.3) is 0 Å². The van der Waals surface area contributed by atoms with Crippen molar-refractivity contribution in [3.8, 4) is 0 Å². The molecule has 0 amide bonds. The average molecular weight is 240 g/mol. The highest BCUT2D eigenvalue weighted by Gasteiger charge is 2.16. The molecule has 0 aromatic carbocycles. The number of hydrogen-bond acceptors (Lipinski definition) is 3. The number of rotatable bonds is 5. The summed E-state index contributed by atoms with van der Waals surface area (Å²) < 4.78 is 5.93. The van der Waals surface area contributed by atoms with Crippen LogP contribution < -0.4 is 5.32 Å². The lowest BCUT2D eigenvalue weighted by Gasteiger charge is -2.31. The second kappa shape index (κ2) is 7.34. The number of piperidine rings is 2. The number of hydrogen-bond donors (Lipinski definition) is 1. The van der Waals surface area contributed by atoms with Crippen LogP contribution in [0.15, 0.2) is 0 Å². The Kier molecular flexibility index (Phi) is 5.75. The van der Waals surface area contributed by atoms with Crippen LogP contribution in [0.25, 0.3) is 0 Å². The number of likely N-dealkylation sites (tertiary alicyclic amines) is 1. The van der Waals surface area contributed by atoms with Crippen molar-refractivity contribution in [1.29, 1.82) is 0 Å². The maximum Gasteiger partial charge on any atom is 0.0599 e. The quantitative estimate of drug-likeness (QED) is 0.743. The molecule has 2 fully saturated rings. The van der Waals surface area contributed by atoms with E-state index in [9.17, 15) is 0 Å². The van der Waals surface area contributed by atoms with Crippen LogP contribution in [-0.4, -0.2) is 50.3 Å². The third-order valence-corrected chi connectivity index (χ3v) is 4.00. The van der Waals surface area contributed by atoms with E-state index in [1.807, 2.05) is 0 Å². The summed E-state index contributed by atoms with van der Waals surface area (Å²) in [4.78, 5) is 2.61. The molecule has 0 saturated carbocycles. The fourth-order valence-corrected chi connectivity index (χ4v) is 2.99. The summed E-state index contributed by atoms with van der Waals surface area (Å²) in [6, 6.07) is 0. The first kappa shape index (κ1) is 13.3. The Hall–Kier alpha value is -0.120. The Bertz CT molecular complexity index is 204. The van der Waals surface area contributed by atoms with Crippen LogP contribution in [0, 0.1) is 5.92 Å². The molecule has 2 aliphatic heterocycles. The van der Waals surface area contributed by atoms with Gasteiger partial charge in [-0.2, -0.15) is 0 Å². The van der Waals surface area contributed by atoms with E-state index in [4.69, 9.17) is 4.74 Å². The fraction of sp³-hybridized carbons (Fsp3) is 1.00.